The van der Waals surface area contributed by atoms with Gasteiger partial charge in [0.25, 0.3) is 0 Å². The standard InChI is InChI=1S/C36H25N/c1-2-17-29(18-3-1)37(34-23-11-16-27-13-5-8-20-31(27)34)35-25-24-28-14-6-9-21-32(28)36(35)33-22-10-15-26-12-4-7-19-30(26)33/h1-25H. The van der Waals surface area contributed by atoms with Crippen molar-refractivity contribution in [2.24, 2.45) is 0 Å². The summed E-state index contributed by atoms with van der Waals surface area (Å²) in [4.78, 5) is 2.42. The maximum Gasteiger partial charge on any atom is 0.0546 e. The van der Waals surface area contributed by atoms with E-state index in [4.69, 9.17) is 0 Å². The van der Waals surface area contributed by atoms with Gasteiger partial charge in [0.2, 0.25) is 0 Å². The Hall–Kier alpha value is -4.88. The fourth-order valence-electron chi connectivity index (χ4n) is 5.56. The van der Waals surface area contributed by atoms with Crippen LogP contribution in [0.25, 0.3) is 43.4 Å². The van der Waals surface area contributed by atoms with E-state index in [9.17, 15) is 0 Å². The zero-order chi connectivity index (χ0) is 24.6. The van der Waals surface area contributed by atoms with Gasteiger partial charge < -0.3 is 4.90 Å². The molecule has 7 aromatic carbocycles. The predicted molar refractivity (Wildman–Crippen MR) is 159 cm³/mol. The fourth-order valence-corrected chi connectivity index (χ4v) is 5.56. The Labute approximate surface area is 216 Å². The monoisotopic (exact) mass is 471 g/mol. The Morgan fingerprint density at radius 3 is 1.62 bits per heavy atom. The molecule has 0 bridgehead atoms. The highest BCUT2D eigenvalue weighted by Gasteiger charge is 2.21. The van der Waals surface area contributed by atoms with Gasteiger partial charge in [-0.15, -0.1) is 0 Å². The van der Waals surface area contributed by atoms with Gasteiger partial charge in [-0.05, 0) is 56.8 Å². The van der Waals surface area contributed by atoms with Crippen LogP contribution in [0.2, 0.25) is 0 Å². The highest BCUT2D eigenvalue weighted by molar-refractivity contribution is 6.12. The van der Waals surface area contributed by atoms with Gasteiger partial charge in [-0.3, -0.25) is 0 Å². The smallest absolute Gasteiger partial charge is 0.0546 e. The van der Waals surface area contributed by atoms with E-state index in [1.807, 2.05) is 0 Å². The molecular formula is C36H25N. The molecule has 174 valence electrons. The second-order valence-corrected chi connectivity index (χ2v) is 9.38. The van der Waals surface area contributed by atoms with Crippen molar-refractivity contribution in [3.8, 4) is 11.1 Å². The summed E-state index contributed by atoms with van der Waals surface area (Å²) in [7, 11) is 0. The van der Waals surface area contributed by atoms with Crippen molar-refractivity contribution >= 4 is 49.4 Å². The molecule has 0 amide bonds. The Morgan fingerprint density at radius 1 is 0.324 bits per heavy atom. The van der Waals surface area contributed by atoms with Crippen LogP contribution in [-0.2, 0) is 0 Å². The van der Waals surface area contributed by atoms with Crippen molar-refractivity contribution in [1.29, 1.82) is 0 Å². The predicted octanol–water partition coefficient (Wildman–Crippen LogP) is 10.3. The lowest BCUT2D eigenvalue weighted by molar-refractivity contribution is 1.30. The van der Waals surface area contributed by atoms with Crippen LogP contribution in [0.3, 0.4) is 0 Å². The first-order chi connectivity index (χ1) is 18.4. The molecule has 0 fully saturated rings. The van der Waals surface area contributed by atoms with Crippen LogP contribution in [0, 0.1) is 0 Å². The van der Waals surface area contributed by atoms with Crippen LogP contribution in [0.4, 0.5) is 17.1 Å². The summed E-state index contributed by atoms with van der Waals surface area (Å²) in [5.41, 5.74) is 5.95. The van der Waals surface area contributed by atoms with Crippen molar-refractivity contribution in [3.63, 3.8) is 0 Å². The third-order valence-corrected chi connectivity index (χ3v) is 7.23. The number of fused-ring (bicyclic) bond motifs is 3. The molecule has 0 spiro atoms. The minimum atomic E-state index is 1.13. The van der Waals surface area contributed by atoms with E-state index in [2.05, 4.69) is 157 Å². The van der Waals surface area contributed by atoms with Gasteiger partial charge in [0.05, 0.1) is 11.4 Å². The summed E-state index contributed by atoms with van der Waals surface area (Å²) >= 11 is 0. The Balaban J connectivity index is 1.62. The van der Waals surface area contributed by atoms with Gasteiger partial charge in [-0.25, -0.2) is 0 Å². The first-order valence-electron chi connectivity index (χ1n) is 12.7. The van der Waals surface area contributed by atoms with E-state index >= 15 is 0 Å². The lowest BCUT2D eigenvalue weighted by Crippen LogP contribution is -2.12. The topological polar surface area (TPSA) is 3.24 Å². The maximum atomic E-state index is 2.42. The normalized spacial score (nSPS) is 11.2. The molecule has 0 aliphatic carbocycles. The number of benzene rings is 7. The first-order valence-corrected chi connectivity index (χ1v) is 12.7. The first kappa shape index (κ1) is 21.4. The quantitative estimate of drug-likeness (QED) is 0.247. The van der Waals surface area contributed by atoms with Crippen LogP contribution in [0.1, 0.15) is 0 Å². The van der Waals surface area contributed by atoms with Gasteiger partial charge in [0.15, 0.2) is 0 Å². The molecular weight excluding hydrogens is 446 g/mol. The summed E-state index contributed by atoms with van der Waals surface area (Å²) in [6, 6.07) is 54.5. The lowest BCUT2D eigenvalue weighted by atomic mass is 9.91. The third kappa shape index (κ3) is 3.64. The molecule has 7 aromatic rings. The molecule has 0 aliphatic heterocycles. The largest absolute Gasteiger partial charge is 0.309 e. The summed E-state index contributed by atoms with van der Waals surface area (Å²) in [6.45, 7) is 0. The summed E-state index contributed by atoms with van der Waals surface area (Å²) in [6.07, 6.45) is 0. The molecule has 0 saturated heterocycles. The number of hydrogen-bond donors (Lipinski definition) is 0. The van der Waals surface area contributed by atoms with Crippen molar-refractivity contribution in [2.45, 2.75) is 0 Å². The second-order valence-electron chi connectivity index (χ2n) is 9.38. The molecule has 0 atom stereocenters. The summed E-state index contributed by atoms with van der Waals surface area (Å²) < 4.78 is 0. The van der Waals surface area contributed by atoms with E-state index in [0.29, 0.717) is 0 Å². The lowest BCUT2D eigenvalue weighted by Gasteiger charge is -2.30. The van der Waals surface area contributed by atoms with Gasteiger partial charge in [0, 0.05) is 16.6 Å². The van der Waals surface area contributed by atoms with Crippen LogP contribution in [0.15, 0.2) is 152 Å². The molecule has 7 rings (SSSR count). The summed E-state index contributed by atoms with van der Waals surface area (Å²) in [5.74, 6) is 0. The van der Waals surface area contributed by atoms with Gasteiger partial charge in [-0.1, -0.05) is 127 Å². The minimum absolute atomic E-state index is 1.13. The number of rotatable bonds is 4. The molecule has 0 radical (unpaired) electrons. The zero-order valence-corrected chi connectivity index (χ0v) is 20.4. The molecule has 0 aromatic heterocycles. The number of hydrogen-bond acceptors (Lipinski definition) is 1. The second kappa shape index (κ2) is 8.96. The van der Waals surface area contributed by atoms with Crippen molar-refractivity contribution in [2.75, 3.05) is 4.90 Å². The molecule has 0 saturated carbocycles. The third-order valence-electron chi connectivity index (χ3n) is 7.23. The Kier molecular flexibility index (Phi) is 5.19. The van der Waals surface area contributed by atoms with Crippen LogP contribution < -0.4 is 4.90 Å². The highest BCUT2D eigenvalue weighted by Crippen LogP contribution is 2.47. The van der Waals surface area contributed by atoms with Gasteiger partial charge >= 0.3 is 0 Å². The van der Waals surface area contributed by atoms with Gasteiger partial charge in [0.1, 0.15) is 0 Å². The van der Waals surface area contributed by atoms with E-state index in [1.54, 1.807) is 0 Å². The maximum absolute atomic E-state index is 2.42. The summed E-state index contributed by atoms with van der Waals surface area (Å²) in [5, 5.41) is 7.45. The highest BCUT2D eigenvalue weighted by atomic mass is 15.1. The molecule has 0 unspecified atom stereocenters. The van der Waals surface area contributed by atoms with Crippen LogP contribution >= 0.6 is 0 Å². The average molecular weight is 472 g/mol. The number of nitrogens with zero attached hydrogens (tertiary/aromatic N) is 1. The molecule has 0 N–H and O–H groups in total. The number of para-hydroxylation sites is 1. The van der Waals surface area contributed by atoms with E-state index in [1.165, 1.54) is 49.1 Å². The van der Waals surface area contributed by atoms with Crippen molar-refractivity contribution in [1.82, 2.24) is 0 Å². The molecule has 1 heteroatoms. The van der Waals surface area contributed by atoms with Crippen molar-refractivity contribution < 1.29 is 0 Å². The van der Waals surface area contributed by atoms with Gasteiger partial charge in [-0.2, -0.15) is 0 Å². The fraction of sp³-hybridized carbons (Fsp3) is 0. The SMILES string of the molecule is c1ccc(N(c2ccc3ccccc3c2-c2cccc3ccccc23)c2cccc3ccccc23)cc1. The van der Waals surface area contributed by atoms with E-state index < -0.39 is 0 Å². The molecule has 37 heavy (non-hydrogen) atoms. The number of anilines is 3. The van der Waals surface area contributed by atoms with Crippen LogP contribution in [0.5, 0.6) is 0 Å². The van der Waals surface area contributed by atoms with Crippen molar-refractivity contribution in [3.05, 3.63) is 152 Å². The molecule has 0 heterocycles. The Bertz CT molecular complexity index is 1870. The zero-order valence-electron chi connectivity index (χ0n) is 20.4. The Morgan fingerprint density at radius 2 is 0.865 bits per heavy atom. The van der Waals surface area contributed by atoms with Crippen LogP contribution in [-0.4, -0.2) is 0 Å². The minimum Gasteiger partial charge on any atom is -0.309 e. The van der Waals surface area contributed by atoms with E-state index in [-0.39, 0.29) is 0 Å². The molecule has 0 aliphatic rings. The molecule has 1 nitrogen and oxygen atoms in total. The average Bonchev–Trinajstić information content (AvgIpc) is 2.98. The van der Waals surface area contributed by atoms with E-state index in [0.717, 1.165) is 11.4 Å².